The average Bonchev–Trinajstić information content (AvgIpc) is 2.51. The number of carbonyl (C=O) groups is 2. The van der Waals surface area contributed by atoms with Crippen LogP contribution in [-0.4, -0.2) is 21.8 Å². The van der Waals surface area contributed by atoms with Gasteiger partial charge in [-0.2, -0.15) is 0 Å². The van der Waals surface area contributed by atoms with Gasteiger partial charge in [0.05, 0.1) is 5.56 Å². The molecule has 17 heavy (non-hydrogen) atoms. The highest BCUT2D eigenvalue weighted by Gasteiger charge is 2.16. The number of carbonyl (C=O) groups excluding carboxylic acids is 1. The highest BCUT2D eigenvalue weighted by molar-refractivity contribution is 6.09. The summed E-state index contributed by atoms with van der Waals surface area (Å²) in [6.45, 7) is 5.05. The topological polar surface area (TPSA) is 70.2 Å². The van der Waals surface area contributed by atoms with E-state index < -0.39 is 5.97 Å². The lowest BCUT2D eigenvalue weighted by Gasteiger charge is -2.01. The van der Waals surface area contributed by atoms with Gasteiger partial charge < -0.3 is 10.1 Å². The van der Waals surface area contributed by atoms with Crippen molar-refractivity contribution in [1.82, 2.24) is 4.98 Å². The number of aromatic amines is 1. The largest absolute Gasteiger partial charge is 0.478 e. The molecular weight excluding hydrogens is 218 g/mol. The zero-order valence-corrected chi connectivity index (χ0v) is 9.92. The van der Waals surface area contributed by atoms with Gasteiger partial charge >= 0.3 is 5.97 Å². The number of hydrogen-bond acceptors (Lipinski definition) is 2. The molecule has 0 fully saturated rings. The average molecular weight is 231 g/mol. The van der Waals surface area contributed by atoms with Crippen LogP contribution >= 0.6 is 0 Å². The Morgan fingerprint density at radius 1 is 1.24 bits per heavy atom. The molecule has 0 atom stereocenters. The molecule has 88 valence electrons. The van der Waals surface area contributed by atoms with Gasteiger partial charge in [0.15, 0.2) is 5.78 Å². The van der Waals surface area contributed by atoms with Gasteiger partial charge in [0.2, 0.25) is 0 Å². The SMILES string of the molecule is CC(=O)c1c(C)[nH]c2cc(C(=O)O)c(C)cc12. The molecule has 0 aliphatic rings. The predicted molar refractivity (Wildman–Crippen MR) is 64.7 cm³/mol. The zero-order chi connectivity index (χ0) is 12.7. The van der Waals surface area contributed by atoms with Gasteiger partial charge in [-0.3, -0.25) is 4.79 Å². The van der Waals surface area contributed by atoms with Crippen molar-refractivity contribution in [2.75, 3.05) is 0 Å². The van der Waals surface area contributed by atoms with Crippen LogP contribution in [-0.2, 0) is 0 Å². The van der Waals surface area contributed by atoms with Crippen LogP contribution in [0.4, 0.5) is 0 Å². The number of aromatic nitrogens is 1. The van der Waals surface area contributed by atoms with Crippen LogP contribution in [0.15, 0.2) is 12.1 Å². The molecule has 0 saturated heterocycles. The van der Waals surface area contributed by atoms with Crippen molar-refractivity contribution in [3.8, 4) is 0 Å². The van der Waals surface area contributed by atoms with Crippen molar-refractivity contribution in [3.63, 3.8) is 0 Å². The van der Waals surface area contributed by atoms with Crippen LogP contribution in [0.25, 0.3) is 10.9 Å². The lowest BCUT2D eigenvalue weighted by atomic mass is 10.0. The Morgan fingerprint density at radius 2 is 1.88 bits per heavy atom. The maximum Gasteiger partial charge on any atom is 0.336 e. The van der Waals surface area contributed by atoms with Crippen LogP contribution < -0.4 is 0 Å². The Kier molecular flexibility index (Phi) is 2.50. The van der Waals surface area contributed by atoms with Crippen molar-refractivity contribution >= 4 is 22.7 Å². The lowest BCUT2D eigenvalue weighted by Crippen LogP contribution is -1.99. The summed E-state index contributed by atoms with van der Waals surface area (Å²) >= 11 is 0. The fraction of sp³-hybridized carbons (Fsp3) is 0.231. The van der Waals surface area contributed by atoms with Crippen LogP contribution in [0, 0.1) is 13.8 Å². The summed E-state index contributed by atoms with van der Waals surface area (Å²) in [7, 11) is 0. The number of fused-ring (bicyclic) bond motifs is 1. The summed E-state index contributed by atoms with van der Waals surface area (Å²) in [5.41, 5.74) is 3.02. The Hall–Kier alpha value is -2.10. The molecule has 2 rings (SSSR count). The van der Waals surface area contributed by atoms with Crippen molar-refractivity contribution in [3.05, 3.63) is 34.5 Å². The van der Waals surface area contributed by atoms with Crippen LogP contribution in [0.3, 0.4) is 0 Å². The summed E-state index contributed by atoms with van der Waals surface area (Å²) in [6.07, 6.45) is 0. The Labute approximate surface area is 98.3 Å². The van der Waals surface area contributed by atoms with E-state index in [1.54, 1.807) is 19.1 Å². The molecule has 0 aliphatic heterocycles. The standard InChI is InChI=1S/C13H13NO3/c1-6-4-10-11(5-9(6)13(16)17)14-7(2)12(10)8(3)15/h4-5,14H,1-3H3,(H,16,17). The molecule has 4 heteroatoms. The molecule has 1 aromatic carbocycles. The number of H-pyrrole nitrogens is 1. The quantitative estimate of drug-likeness (QED) is 0.780. The van der Waals surface area contributed by atoms with E-state index in [9.17, 15) is 9.59 Å². The molecule has 2 N–H and O–H groups in total. The number of benzene rings is 1. The minimum absolute atomic E-state index is 0.0174. The molecule has 0 aliphatic carbocycles. The summed E-state index contributed by atoms with van der Waals surface area (Å²) in [5, 5.41) is 9.82. The Morgan fingerprint density at radius 3 is 2.41 bits per heavy atom. The Balaban J connectivity index is 2.83. The van der Waals surface area contributed by atoms with E-state index in [0.29, 0.717) is 16.6 Å². The van der Waals surface area contributed by atoms with Gasteiger partial charge in [-0.15, -0.1) is 0 Å². The highest BCUT2D eigenvalue weighted by atomic mass is 16.4. The molecule has 0 unspecified atom stereocenters. The summed E-state index contributed by atoms with van der Waals surface area (Å²) < 4.78 is 0. The maximum atomic E-state index is 11.5. The summed E-state index contributed by atoms with van der Waals surface area (Å²) in [4.78, 5) is 25.6. The van der Waals surface area contributed by atoms with Gasteiger partial charge in [-0.05, 0) is 38.5 Å². The van der Waals surface area contributed by atoms with Crippen LogP contribution in [0.5, 0.6) is 0 Å². The summed E-state index contributed by atoms with van der Waals surface area (Å²) in [5.74, 6) is -0.975. The van der Waals surface area contributed by atoms with E-state index in [1.807, 2.05) is 6.92 Å². The van der Waals surface area contributed by atoms with E-state index in [0.717, 1.165) is 11.1 Å². The van der Waals surface area contributed by atoms with Crippen molar-refractivity contribution < 1.29 is 14.7 Å². The molecule has 0 bridgehead atoms. The third kappa shape index (κ3) is 1.71. The van der Waals surface area contributed by atoms with E-state index in [2.05, 4.69) is 4.98 Å². The minimum Gasteiger partial charge on any atom is -0.478 e. The first-order valence-electron chi connectivity index (χ1n) is 5.29. The van der Waals surface area contributed by atoms with Crippen LogP contribution in [0.1, 0.15) is 38.9 Å². The van der Waals surface area contributed by atoms with Gasteiger partial charge in [-0.25, -0.2) is 4.79 Å². The number of Topliss-reactive ketones (excluding diaryl/α,β-unsaturated/α-hetero) is 1. The number of aromatic carboxylic acids is 1. The minimum atomic E-state index is -0.957. The molecular formula is C13H13NO3. The van der Waals surface area contributed by atoms with E-state index >= 15 is 0 Å². The number of rotatable bonds is 2. The summed E-state index contributed by atoms with van der Waals surface area (Å²) in [6, 6.07) is 3.32. The second-order valence-electron chi connectivity index (χ2n) is 4.20. The molecule has 0 saturated carbocycles. The van der Waals surface area contributed by atoms with Crippen molar-refractivity contribution in [1.29, 1.82) is 0 Å². The fourth-order valence-corrected chi connectivity index (χ4v) is 2.17. The maximum absolute atomic E-state index is 11.5. The zero-order valence-electron chi connectivity index (χ0n) is 9.92. The van der Waals surface area contributed by atoms with Gasteiger partial charge in [0, 0.05) is 22.2 Å². The number of nitrogens with one attached hydrogen (secondary N) is 1. The third-order valence-electron chi connectivity index (χ3n) is 2.91. The van der Waals surface area contributed by atoms with E-state index in [4.69, 9.17) is 5.11 Å². The van der Waals surface area contributed by atoms with Crippen molar-refractivity contribution in [2.24, 2.45) is 0 Å². The number of hydrogen-bond donors (Lipinski definition) is 2. The van der Waals surface area contributed by atoms with Gasteiger partial charge in [0.1, 0.15) is 0 Å². The second kappa shape index (κ2) is 3.73. The molecule has 0 spiro atoms. The number of aryl methyl sites for hydroxylation is 2. The number of carboxylic acids is 1. The second-order valence-corrected chi connectivity index (χ2v) is 4.20. The molecule has 1 heterocycles. The number of ketones is 1. The molecule has 0 radical (unpaired) electrons. The van der Waals surface area contributed by atoms with E-state index in [1.165, 1.54) is 6.92 Å². The molecule has 1 aromatic heterocycles. The van der Waals surface area contributed by atoms with Crippen molar-refractivity contribution in [2.45, 2.75) is 20.8 Å². The molecule has 0 amide bonds. The smallest absolute Gasteiger partial charge is 0.336 e. The molecule has 4 nitrogen and oxygen atoms in total. The molecule has 2 aromatic rings. The predicted octanol–water partition coefficient (Wildman–Crippen LogP) is 2.69. The fourth-order valence-electron chi connectivity index (χ4n) is 2.17. The first-order valence-corrected chi connectivity index (χ1v) is 5.29. The van der Waals surface area contributed by atoms with E-state index in [-0.39, 0.29) is 11.3 Å². The van der Waals surface area contributed by atoms with Crippen LogP contribution in [0.2, 0.25) is 0 Å². The van der Waals surface area contributed by atoms with Gasteiger partial charge in [-0.1, -0.05) is 0 Å². The lowest BCUT2D eigenvalue weighted by molar-refractivity contribution is 0.0696. The monoisotopic (exact) mass is 231 g/mol. The third-order valence-corrected chi connectivity index (χ3v) is 2.91. The number of carboxylic acid groups (broad SMARTS) is 1. The Bertz CT molecular complexity index is 638. The first kappa shape index (κ1) is 11.4. The highest BCUT2D eigenvalue weighted by Crippen LogP contribution is 2.25. The first-order chi connectivity index (χ1) is 7.91. The van der Waals surface area contributed by atoms with Gasteiger partial charge in [0.25, 0.3) is 0 Å². The normalized spacial score (nSPS) is 10.8.